The van der Waals surface area contributed by atoms with Crippen LogP contribution in [0.1, 0.15) is 22.8 Å². The van der Waals surface area contributed by atoms with Gasteiger partial charge in [0.2, 0.25) is 0 Å². The number of halogens is 1. The molecule has 148 valence electrons. The molecule has 1 aliphatic rings. The minimum atomic E-state index is -3.84. The standard InChI is InChI=1S/C22H19FN2O3S/c1-15-14-17-4-2-3-5-21(17)25(15)22(26)16-6-10-19(11-7-16)24-29(27,28)20-12-8-18(23)9-13-20/h2-13,15,24H,14H2,1H3. The van der Waals surface area contributed by atoms with Crippen molar-refractivity contribution in [1.29, 1.82) is 0 Å². The van der Waals surface area contributed by atoms with Crippen LogP contribution < -0.4 is 9.62 Å². The van der Waals surface area contributed by atoms with Crippen LogP contribution in [0, 0.1) is 5.82 Å². The Morgan fingerprint density at radius 1 is 1.00 bits per heavy atom. The maximum Gasteiger partial charge on any atom is 0.261 e. The van der Waals surface area contributed by atoms with E-state index < -0.39 is 15.8 Å². The summed E-state index contributed by atoms with van der Waals surface area (Å²) in [5.41, 5.74) is 2.84. The summed E-state index contributed by atoms with van der Waals surface area (Å²) in [4.78, 5) is 14.8. The van der Waals surface area contributed by atoms with E-state index in [4.69, 9.17) is 0 Å². The number of hydrogen-bond donors (Lipinski definition) is 1. The van der Waals surface area contributed by atoms with Crippen molar-refractivity contribution in [2.75, 3.05) is 9.62 Å². The molecule has 5 nitrogen and oxygen atoms in total. The number of nitrogens with zero attached hydrogens (tertiary/aromatic N) is 1. The zero-order valence-electron chi connectivity index (χ0n) is 15.7. The van der Waals surface area contributed by atoms with Crippen LogP contribution >= 0.6 is 0 Å². The zero-order chi connectivity index (χ0) is 20.6. The van der Waals surface area contributed by atoms with Gasteiger partial charge in [0, 0.05) is 23.0 Å². The molecular formula is C22H19FN2O3S. The number of carbonyl (C=O) groups is 1. The number of rotatable bonds is 4. The molecule has 1 aliphatic heterocycles. The van der Waals surface area contributed by atoms with E-state index in [1.807, 2.05) is 31.2 Å². The summed E-state index contributed by atoms with van der Waals surface area (Å²) in [5.74, 6) is -0.639. The molecule has 1 N–H and O–H groups in total. The van der Waals surface area contributed by atoms with E-state index in [2.05, 4.69) is 4.72 Å². The fourth-order valence-corrected chi connectivity index (χ4v) is 4.58. The van der Waals surface area contributed by atoms with Crippen molar-refractivity contribution in [3.63, 3.8) is 0 Å². The van der Waals surface area contributed by atoms with Crippen molar-refractivity contribution in [3.05, 3.63) is 89.7 Å². The van der Waals surface area contributed by atoms with Gasteiger partial charge in [0.15, 0.2) is 0 Å². The molecule has 0 fully saturated rings. The smallest absolute Gasteiger partial charge is 0.261 e. The molecule has 3 aromatic rings. The molecule has 0 saturated carbocycles. The van der Waals surface area contributed by atoms with Crippen molar-refractivity contribution in [1.82, 2.24) is 0 Å². The Hall–Kier alpha value is -3.19. The van der Waals surface area contributed by atoms with Crippen LogP contribution in [0.4, 0.5) is 15.8 Å². The number of amides is 1. The van der Waals surface area contributed by atoms with Gasteiger partial charge in [0.25, 0.3) is 15.9 Å². The van der Waals surface area contributed by atoms with Gasteiger partial charge >= 0.3 is 0 Å². The molecule has 0 aliphatic carbocycles. The minimum Gasteiger partial charge on any atom is -0.305 e. The number of para-hydroxylation sites is 1. The number of sulfonamides is 1. The first-order valence-corrected chi connectivity index (χ1v) is 10.6. The van der Waals surface area contributed by atoms with Crippen molar-refractivity contribution in [3.8, 4) is 0 Å². The number of hydrogen-bond acceptors (Lipinski definition) is 3. The van der Waals surface area contributed by atoms with Gasteiger partial charge in [-0.25, -0.2) is 12.8 Å². The van der Waals surface area contributed by atoms with E-state index in [1.54, 1.807) is 29.2 Å². The van der Waals surface area contributed by atoms with Crippen LogP contribution in [0.2, 0.25) is 0 Å². The lowest BCUT2D eigenvalue weighted by Gasteiger charge is -2.23. The predicted octanol–water partition coefficient (Wildman–Crippen LogP) is 4.22. The van der Waals surface area contributed by atoms with Crippen LogP contribution in [0.15, 0.2) is 77.7 Å². The highest BCUT2D eigenvalue weighted by Gasteiger charge is 2.31. The number of fused-ring (bicyclic) bond motifs is 1. The summed E-state index contributed by atoms with van der Waals surface area (Å²) in [7, 11) is -3.84. The number of nitrogens with one attached hydrogen (secondary N) is 1. The van der Waals surface area contributed by atoms with Gasteiger partial charge in [-0.15, -0.1) is 0 Å². The topological polar surface area (TPSA) is 66.5 Å². The third kappa shape index (κ3) is 3.73. The van der Waals surface area contributed by atoms with Crippen molar-refractivity contribution in [2.24, 2.45) is 0 Å². The fourth-order valence-electron chi connectivity index (χ4n) is 3.52. The first kappa shape index (κ1) is 19.1. The second kappa shape index (κ2) is 7.33. The second-order valence-corrected chi connectivity index (χ2v) is 8.68. The van der Waals surface area contributed by atoms with E-state index in [9.17, 15) is 17.6 Å². The SMILES string of the molecule is CC1Cc2ccccc2N1C(=O)c1ccc(NS(=O)(=O)c2ccc(F)cc2)cc1. The molecular weight excluding hydrogens is 391 g/mol. The Morgan fingerprint density at radius 2 is 1.66 bits per heavy atom. The zero-order valence-corrected chi connectivity index (χ0v) is 16.5. The van der Waals surface area contributed by atoms with Crippen LogP contribution in [-0.2, 0) is 16.4 Å². The first-order chi connectivity index (χ1) is 13.8. The molecule has 0 saturated heterocycles. The van der Waals surface area contributed by atoms with Crippen LogP contribution in [0.5, 0.6) is 0 Å². The van der Waals surface area contributed by atoms with E-state index >= 15 is 0 Å². The van der Waals surface area contributed by atoms with Crippen LogP contribution in [0.25, 0.3) is 0 Å². The summed E-state index contributed by atoms with van der Waals surface area (Å²) in [5, 5.41) is 0. The van der Waals surface area contributed by atoms with Crippen molar-refractivity contribution >= 4 is 27.3 Å². The summed E-state index contributed by atoms with van der Waals surface area (Å²) in [6.45, 7) is 2.00. The Kier molecular flexibility index (Phi) is 4.84. The average Bonchev–Trinajstić information content (AvgIpc) is 3.04. The maximum absolute atomic E-state index is 13.0. The van der Waals surface area contributed by atoms with Crippen LogP contribution in [0.3, 0.4) is 0 Å². The molecule has 4 rings (SSSR count). The van der Waals surface area contributed by atoms with Crippen LogP contribution in [-0.4, -0.2) is 20.4 Å². The monoisotopic (exact) mass is 410 g/mol. The maximum atomic E-state index is 13.0. The van der Waals surface area contributed by atoms with Gasteiger partial charge in [-0.3, -0.25) is 9.52 Å². The Labute approximate surface area is 168 Å². The van der Waals surface area contributed by atoms with Crippen molar-refractivity contribution in [2.45, 2.75) is 24.3 Å². The molecule has 1 atom stereocenters. The molecule has 1 amide bonds. The van der Waals surface area contributed by atoms with Gasteiger partial charge in [-0.2, -0.15) is 0 Å². The van der Waals surface area contributed by atoms with E-state index in [1.165, 1.54) is 12.1 Å². The quantitative estimate of drug-likeness (QED) is 0.700. The lowest BCUT2D eigenvalue weighted by atomic mass is 10.1. The lowest BCUT2D eigenvalue weighted by Crippen LogP contribution is -2.35. The Morgan fingerprint density at radius 3 is 2.34 bits per heavy atom. The molecule has 0 aromatic heterocycles. The second-order valence-electron chi connectivity index (χ2n) is 6.99. The molecule has 7 heteroatoms. The number of carbonyl (C=O) groups excluding carboxylic acids is 1. The average molecular weight is 410 g/mol. The lowest BCUT2D eigenvalue weighted by molar-refractivity contribution is 0.0981. The normalized spacial score (nSPS) is 15.8. The molecule has 0 spiro atoms. The van der Waals surface area contributed by atoms with E-state index in [0.717, 1.165) is 29.8 Å². The highest BCUT2D eigenvalue weighted by atomic mass is 32.2. The van der Waals surface area contributed by atoms with Crippen molar-refractivity contribution < 1.29 is 17.6 Å². The summed E-state index contributed by atoms with van der Waals surface area (Å²) >= 11 is 0. The third-order valence-electron chi connectivity index (χ3n) is 4.93. The Balaban J connectivity index is 1.54. The highest BCUT2D eigenvalue weighted by molar-refractivity contribution is 7.92. The molecule has 29 heavy (non-hydrogen) atoms. The molecule has 1 unspecified atom stereocenters. The summed E-state index contributed by atoms with van der Waals surface area (Å²) in [6.07, 6.45) is 0.803. The Bertz CT molecular complexity index is 1160. The minimum absolute atomic E-state index is 0.0402. The summed E-state index contributed by atoms with van der Waals surface area (Å²) < 4.78 is 40.3. The first-order valence-electron chi connectivity index (χ1n) is 9.15. The molecule has 1 heterocycles. The van der Waals surface area contributed by atoms with Gasteiger partial charge in [0.1, 0.15) is 5.82 Å². The summed E-state index contributed by atoms with van der Waals surface area (Å²) in [6, 6.07) is 18.7. The molecule has 0 bridgehead atoms. The third-order valence-corrected chi connectivity index (χ3v) is 6.33. The molecule has 0 radical (unpaired) electrons. The molecule has 3 aromatic carbocycles. The van der Waals surface area contributed by atoms with Gasteiger partial charge in [-0.1, -0.05) is 18.2 Å². The fraction of sp³-hybridized carbons (Fsp3) is 0.136. The number of benzene rings is 3. The van der Waals surface area contributed by atoms with E-state index in [0.29, 0.717) is 11.3 Å². The van der Waals surface area contributed by atoms with Gasteiger partial charge < -0.3 is 4.90 Å². The van der Waals surface area contributed by atoms with Gasteiger partial charge in [0.05, 0.1) is 4.90 Å². The van der Waals surface area contributed by atoms with Gasteiger partial charge in [-0.05, 0) is 73.5 Å². The highest BCUT2D eigenvalue weighted by Crippen LogP contribution is 2.33. The predicted molar refractivity (Wildman–Crippen MR) is 110 cm³/mol. The number of anilines is 2. The largest absolute Gasteiger partial charge is 0.305 e. The van der Waals surface area contributed by atoms with E-state index in [-0.39, 0.29) is 16.8 Å².